The zero-order valence-electron chi connectivity index (χ0n) is 16.6. The molecule has 0 spiro atoms. The molecular formula is C22H32O5. The van der Waals surface area contributed by atoms with Crippen LogP contribution in [-0.2, 0) is 9.53 Å². The summed E-state index contributed by atoms with van der Waals surface area (Å²) in [7, 11) is 0. The Morgan fingerprint density at radius 2 is 1.96 bits per heavy atom. The van der Waals surface area contributed by atoms with Gasteiger partial charge in [0.25, 0.3) is 0 Å². The number of rotatable bonds is 3. The summed E-state index contributed by atoms with van der Waals surface area (Å²) >= 11 is 0. The Bertz CT molecular complexity index is 709. The Kier molecular flexibility index (Phi) is 4.29. The zero-order valence-corrected chi connectivity index (χ0v) is 16.6. The quantitative estimate of drug-likeness (QED) is 0.519. The van der Waals surface area contributed by atoms with Crippen molar-refractivity contribution in [1.82, 2.24) is 0 Å². The van der Waals surface area contributed by atoms with E-state index < -0.39 is 17.8 Å². The lowest BCUT2D eigenvalue weighted by atomic mass is 9.46. The number of hydrogen-bond acceptors (Lipinski definition) is 5. The van der Waals surface area contributed by atoms with Crippen LogP contribution in [0.2, 0.25) is 0 Å². The highest BCUT2D eigenvalue weighted by Gasteiger charge is 2.69. The minimum absolute atomic E-state index is 0.0461. The largest absolute Gasteiger partial charge is 0.393 e. The molecule has 3 aliphatic carbocycles. The van der Waals surface area contributed by atoms with Gasteiger partial charge in [-0.25, -0.2) is 0 Å². The standard InChI is InChI=1S/C22H32O5/c1-12-5-6-15-20(2,3)16(24)7-8-21(15,4)14(12)10-22-17(25)9-13(11-23)18(26)19(22)27-22/h9,14-16,18-19,23-24,26H,1,5-8,10-11H2,2-4H3/t14-,15-,16-,18+,19+,21+,22-/m0/s1. The molecule has 0 aromatic heterocycles. The van der Waals surface area contributed by atoms with Crippen molar-refractivity contribution < 1.29 is 24.9 Å². The second kappa shape index (κ2) is 5.99. The number of ether oxygens (including phenoxy) is 1. The highest BCUT2D eigenvalue weighted by atomic mass is 16.6. The maximum atomic E-state index is 12.8. The Morgan fingerprint density at radius 3 is 2.63 bits per heavy atom. The number of ketones is 1. The summed E-state index contributed by atoms with van der Waals surface area (Å²) in [6, 6.07) is 0. The van der Waals surface area contributed by atoms with Crippen LogP contribution in [-0.4, -0.2) is 51.6 Å². The number of epoxide rings is 1. The Labute approximate surface area is 161 Å². The second-order valence-corrected chi connectivity index (χ2v) is 10.0. The second-order valence-electron chi connectivity index (χ2n) is 10.0. The normalized spacial score (nSPS) is 48.5. The number of hydrogen-bond donors (Lipinski definition) is 3. The molecule has 7 atom stereocenters. The third-order valence-corrected chi connectivity index (χ3v) is 8.38. The van der Waals surface area contributed by atoms with E-state index in [2.05, 4.69) is 27.4 Å². The molecular weight excluding hydrogens is 344 g/mol. The minimum Gasteiger partial charge on any atom is -0.393 e. The number of aliphatic hydroxyl groups is 3. The molecule has 150 valence electrons. The summed E-state index contributed by atoms with van der Waals surface area (Å²) in [5, 5.41) is 30.4. The van der Waals surface area contributed by atoms with Crippen molar-refractivity contribution in [3.63, 3.8) is 0 Å². The van der Waals surface area contributed by atoms with Crippen molar-refractivity contribution in [1.29, 1.82) is 0 Å². The first-order valence-corrected chi connectivity index (χ1v) is 10.2. The molecule has 27 heavy (non-hydrogen) atoms. The molecule has 5 heteroatoms. The molecule has 1 aliphatic heterocycles. The lowest BCUT2D eigenvalue weighted by Gasteiger charge is -2.59. The molecule has 2 saturated carbocycles. The van der Waals surface area contributed by atoms with Crippen LogP contribution in [0, 0.1) is 22.7 Å². The van der Waals surface area contributed by atoms with E-state index in [1.807, 2.05) is 0 Å². The SMILES string of the molecule is C=C1CC[C@H]2C(C)(C)[C@@H](O)CC[C@]2(C)[C@H]1C[C@@]12O[C@@H]1[C@H](O)C(CO)=CC2=O. The van der Waals surface area contributed by atoms with Gasteiger partial charge in [-0.1, -0.05) is 32.9 Å². The fraction of sp³-hybridized carbons (Fsp3) is 0.773. The van der Waals surface area contributed by atoms with Gasteiger partial charge >= 0.3 is 0 Å². The highest BCUT2D eigenvalue weighted by Crippen LogP contribution is 2.64. The molecule has 5 nitrogen and oxygen atoms in total. The number of allylic oxidation sites excluding steroid dienone is 1. The van der Waals surface area contributed by atoms with E-state index in [0.717, 1.165) is 31.3 Å². The maximum Gasteiger partial charge on any atom is 0.190 e. The van der Waals surface area contributed by atoms with Gasteiger partial charge in [0.05, 0.1) is 12.7 Å². The number of aliphatic hydroxyl groups excluding tert-OH is 3. The summed E-state index contributed by atoms with van der Waals surface area (Å²) in [5.74, 6) is 0.328. The van der Waals surface area contributed by atoms with Crippen LogP contribution in [0.5, 0.6) is 0 Å². The topological polar surface area (TPSA) is 90.3 Å². The zero-order chi connectivity index (χ0) is 19.8. The first-order valence-electron chi connectivity index (χ1n) is 10.2. The molecule has 0 aromatic carbocycles. The van der Waals surface area contributed by atoms with Crippen LogP contribution in [0.3, 0.4) is 0 Å². The predicted molar refractivity (Wildman–Crippen MR) is 101 cm³/mol. The predicted octanol–water partition coefficient (Wildman–Crippen LogP) is 2.15. The first-order chi connectivity index (χ1) is 12.6. The molecule has 0 bridgehead atoms. The molecule has 0 aromatic rings. The Balaban J connectivity index is 1.65. The van der Waals surface area contributed by atoms with Crippen LogP contribution < -0.4 is 0 Å². The molecule has 1 saturated heterocycles. The number of carbonyl (C=O) groups is 1. The summed E-state index contributed by atoms with van der Waals surface area (Å²) in [5.41, 5.74) is 0.301. The average Bonchev–Trinajstić information content (AvgIpc) is 3.35. The third kappa shape index (κ3) is 2.55. The van der Waals surface area contributed by atoms with E-state index in [0.29, 0.717) is 17.9 Å². The van der Waals surface area contributed by atoms with E-state index in [-0.39, 0.29) is 35.2 Å². The van der Waals surface area contributed by atoms with Gasteiger partial charge in [-0.15, -0.1) is 0 Å². The van der Waals surface area contributed by atoms with Gasteiger partial charge in [0.1, 0.15) is 12.2 Å². The van der Waals surface area contributed by atoms with Gasteiger partial charge in [-0.05, 0) is 66.4 Å². The van der Waals surface area contributed by atoms with Crippen molar-refractivity contribution >= 4 is 5.78 Å². The van der Waals surface area contributed by atoms with E-state index >= 15 is 0 Å². The van der Waals surface area contributed by atoms with Crippen LogP contribution in [0.4, 0.5) is 0 Å². The van der Waals surface area contributed by atoms with Crippen molar-refractivity contribution in [2.24, 2.45) is 22.7 Å². The first kappa shape index (κ1) is 19.3. The summed E-state index contributed by atoms with van der Waals surface area (Å²) in [4.78, 5) is 12.8. The van der Waals surface area contributed by atoms with E-state index in [9.17, 15) is 20.1 Å². The van der Waals surface area contributed by atoms with Crippen molar-refractivity contribution in [2.75, 3.05) is 6.61 Å². The molecule has 4 aliphatic rings. The molecule has 0 unspecified atom stereocenters. The van der Waals surface area contributed by atoms with E-state index in [1.54, 1.807) is 0 Å². The minimum atomic E-state index is -0.975. The molecule has 1 heterocycles. The monoisotopic (exact) mass is 376 g/mol. The van der Waals surface area contributed by atoms with Crippen LogP contribution in [0.25, 0.3) is 0 Å². The molecule has 0 amide bonds. The number of fused-ring (bicyclic) bond motifs is 2. The molecule has 4 rings (SSSR count). The molecule has 0 radical (unpaired) electrons. The van der Waals surface area contributed by atoms with E-state index in [1.165, 1.54) is 6.08 Å². The Hall–Kier alpha value is -1.01. The van der Waals surface area contributed by atoms with Gasteiger partial charge in [0.2, 0.25) is 0 Å². The summed E-state index contributed by atoms with van der Waals surface area (Å²) in [6.07, 6.45) is 3.68. The van der Waals surface area contributed by atoms with Gasteiger partial charge in [-0.2, -0.15) is 0 Å². The van der Waals surface area contributed by atoms with Crippen LogP contribution in [0.15, 0.2) is 23.8 Å². The van der Waals surface area contributed by atoms with Crippen LogP contribution >= 0.6 is 0 Å². The van der Waals surface area contributed by atoms with Crippen molar-refractivity contribution in [2.45, 2.75) is 76.8 Å². The van der Waals surface area contributed by atoms with Gasteiger partial charge in [0, 0.05) is 0 Å². The van der Waals surface area contributed by atoms with Crippen LogP contribution in [0.1, 0.15) is 52.9 Å². The fourth-order valence-corrected chi connectivity index (χ4v) is 6.53. The summed E-state index contributed by atoms with van der Waals surface area (Å²) in [6.45, 7) is 10.6. The lowest BCUT2D eigenvalue weighted by Crippen LogP contribution is -2.56. The van der Waals surface area contributed by atoms with Crippen molar-refractivity contribution in [3.8, 4) is 0 Å². The number of carbonyl (C=O) groups excluding carboxylic acids is 1. The van der Waals surface area contributed by atoms with Gasteiger partial charge in [0.15, 0.2) is 11.4 Å². The molecule has 3 N–H and O–H groups in total. The van der Waals surface area contributed by atoms with Crippen molar-refractivity contribution in [3.05, 3.63) is 23.8 Å². The van der Waals surface area contributed by atoms with E-state index in [4.69, 9.17) is 4.74 Å². The molecule has 3 fully saturated rings. The fourth-order valence-electron chi connectivity index (χ4n) is 6.53. The van der Waals surface area contributed by atoms with Gasteiger partial charge in [-0.3, -0.25) is 4.79 Å². The average molecular weight is 376 g/mol. The summed E-state index contributed by atoms with van der Waals surface area (Å²) < 4.78 is 5.82. The lowest BCUT2D eigenvalue weighted by molar-refractivity contribution is -0.132. The maximum absolute atomic E-state index is 12.8. The third-order valence-electron chi connectivity index (χ3n) is 8.38. The van der Waals surface area contributed by atoms with Gasteiger partial charge < -0.3 is 20.1 Å². The highest BCUT2D eigenvalue weighted by molar-refractivity contribution is 6.02. The smallest absolute Gasteiger partial charge is 0.190 e. The Morgan fingerprint density at radius 1 is 1.26 bits per heavy atom.